The van der Waals surface area contributed by atoms with Crippen molar-refractivity contribution in [1.29, 1.82) is 0 Å². The monoisotopic (exact) mass is 234 g/mol. The van der Waals surface area contributed by atoms with Gasteiger partial charge in [-0.25, -0.2) is 8.42 Å². The van der Waals surface area contributed by atoms with E-state index in [9.17, 15) is 8.42 Å². The van der Waals surface area contributed by atoms with Gasteiger partial charge in [0.25, 0.3) is 0 Å². The highest BCUT2D eigenvalue weighted by molar-refractivity contribution is 7.91. The zero-order chi connectivity index (χ0) is 11.5. The first kappa shape index (κ1) is 13.0. The Labute approximate surface area is 93.1 Å². The molecule has 1 heterocycles. The van der Waals surface area contributed by atoms with Crippen LogP contribution in [0.15, 0.2) is 0 Å². The fourth-order valence-electron chi connectivity index (χ4n) is 1.57. The second kappa shape index (κ2) is 4.83. The second-order valence-corrected chi connectivity index (χ2v) is 7.84. The Hall–Kier alpha value is -0.0900. The third-order valence-electron chi connectivity index (χ3n) is 2.71. The predicted molar refractivity (Wildman–Crippen MR) is 61.7 cm³/mol. The van der Waals surface area contributed by atoms with Crippen molar-refractivity contribution in [2.75, 3.05) is 18.1 Å². The van der Waals surface area contributed by atoms with Crippen molar-refractivity contribution in [3.05, 3.63) is 0 Å². The Morgan fingerprint density at radius 2 is 1.73 bits per heavy atom. The molecule has 0 atom stereocenters. The molecule has 0 radical (unpaired) electrons. The van der Waals surface area contributed by atoms with Gasteiger partial charge in [0.05, 0.1) is 17.6 Å². The third kappa shape index (κ3) is 5.52. The lowest BCUT2D eigenvalue weighted by atomic mass is 9.93. The van der Waals surface area contributed by atoms with E-state index in [0.717, 1.165) is 13.0 Å². The van der Waals surface area contributed by atoms with Crippen LogP contribution < -0.4 is 0 Å². The minimum Gasteiger partial charge on any atom is -0.378 e. The molecule has 0 aromatic rings. The van der Waals surface area contributed by atoms with E-state index in [2.05, 4.69) is 20.8 Å². The summed E-state index contributed by atoms with van der Waals surface area (Å²) in [5.74, 6) is 0.598. The minimum absolute atomic E-state index is 0.163. The molecule has 1 aliphatic heterocycles. The summed E-state index contributed by atoms with van der Waals surface area (Å²) in [7, 11) is -2.75. The van der Waals surface area contributed by atoms with Gasteiger partial charge in [0, 0.05) is 6.61 Å². The summed E-state index contributed by atoms with van der Waals surface area (Å²) in [6.45, 7) is 7.29. The summed E-state index contributed by atoms with van der Waals surface area (Å²) in [5.41, 5.74) is 0.292. The van der Waals surface area contributed by atoms with Gasteiger partial charge in [0.1, 0.15) is 0 Å². The number of hydrogen-bond acceptors (Lipinski definition) is 3. The van der Waals surface area contributed by atoms with Crippen molar-refractivity contribution in [3.8, 4) is 0 Å². The van der Waals surface area contributed by atoms with Gasteiger partial charge in [-0.3, -0.25) is 0 Å². The molecular weight excluding hydrogens is 212 g/mol. The van der Waals surface area contributed by atoms with Gasteiger partial charge >= 0.3 is 0 Å². The van der Waals surface area contributed by atoms with Crippen LogP contribution in [0.3, 0.4) is 0 Å². The van der Waals surface area contributed by atoms with E-state index in [4.69, 9.17) is 4.74 Å². The second-order valence-electron chi connectivity index (χ2n) is 5.53. The van der Waals surface area contributed by atoms with Crippen molar-refractivity contribution in [3.63, 3.8) is 0 Å². The Morgan fingerprint density at radius 1 is 1.20 bits per heavy atom. The van der Waals surface area contributed by atoms with Crippen molar-refractivity contribution in [2.24, 2.45) is 5.41 Å². The van der Waals surface area contributed by atoms with E-state index < -0.39 is 9.84 Å². The zero-order valence-corrected chi connectivity index (χ0v) is 10.8. The molecule has 0 bridgehead atoms. The molecule has 0 aromatic carbocycles. The maximum Gasteiger partial charge on any atom is 0.150 e. The van der Waals surface area contributed by atoms with Crippen LogP contribution >= 0.6 is 0 Å². The van der Waals surface area contributed by atoms with Crippen LogP contribution in [0.4, 0.5) is 0 Å². The molecule has 0 aliphatic carbocycles. The van der Waals surface area contributed by atoms with E-state index in [0.29, 0.717) is 29.8 Å². The molecule has 90 valence electrons. The Morgan fingerprint density at radius 3 is 2.20 bits per heavy atom. The molecule has 3 nitrogen and oxygen atoms in total. The molecular formula is C11H22O3S. The van der Waals surface area contributed by atoms with E-state index in [1.54, 1.807) is 0 Å². The van der Waals surface area contributed by atoms with Crippen LogP contribution in [-0.4, -0.2) is 32.6 Å². The molecule has 0 saturated carbocycles. The van der Waals surface area contributed by atoms with E-state index >= 15 is 0 Å². The molecule has 4 heteroatoms. The molecule has 0 unspecified atom stereocenters. The van der Waals surface area contributed by atoms with E-state index in [1.807, 2.05) is 0 Å². The van der Waals surface area contributed by atoms with Gasteiger partial charge in [-0.2, -0.15) is 0 Å². The van der Waals surface area contributed by atoms with Crippen molar-refractivity contribution in [1.82, 2.24) is 0 Å². The van der Waals surface area contributed by atoms with Crippen LogP contribution in [0.1, 0.15) is 40.0 Å². The Bertz CT molecular complexity index is 273. The first-order valence-corrected chi connectivity index (χ1v) is 7.43. The first-order valence-electron chi connectivity index (χ1n) is 5.61. The van der Waals surface area contributed by atoms with E-state index in [-0.39, 0.29) is 6.10 Å². The van der Waals surface area contributed by atoms with E-state index in [1.165, 1.54) is 0 Å². The fourth-order valence-corrected chi connectivity index (χ4v) is 3.01. The summed E-state index contributed by atoms with van der Waals surface area (Å²) >= 11 is 0. The predicted octanol–water partition coefficient (Wildman–Crippen LogP) is 2.02. The summed E-state index contributed by atoms with van der Waals surface area (Å²) in [4.78, 5) is 0. The topological polar surface area (TPSA) is 43.4 Å². The number of sulfone groups is 1. The maximum absolute atomic E-state index is 11.2. The SMILES string of the molecule is CC(C)(C)CCOC1CCS(=O)(=O)CC1. The number of hydrogen-bond donors (Lipinski definition) is 0. The molecule has 1 aliphatic rings. The molecule has 0 spiro atoms. The largest absolute Gasteiger partial charge is 0.378 e. The molecule has 1 fully saturated rings. The van der Waals surface area contributed by atoms with Gasteiger partial charge in [0.15, 0.2) is 9.84 Å². The lowest BCUT2D eigenvalue weighted by Crippen LogP contribution is -2.29. The van der Waals surface area contributed by atoms with Gasteiger partial charge in [0.2, 0.25) is 0 Å². The van der Waals surface area contributed by atoms with Gasteiger partial charge in [-0.15, -0.1) is 0 Å². The zero-order valence-electron chi connectivity index (χ0n) is 9.95. The smallest absolute Gasteiger partial charge is 0.150 e. The van der Waals surface area contributed by atoms with Gasteiger partial charge in [-0.1, -0.05) is 20.8 Å². The lowest BCUT2D eigenvalue weighted by Gasteiger charge is -2.24. The average molecular weight is 234 g/mol. The van der Waals surface area contributed by atoms with Crippen molar-refractivity contribution < 1.29 is 13.2 Å². The fraction of sp³-hybridized carbons (Fsp3) is 1.00. The van der Waals surface area contributed by atoms with Gasteiger partial charge < -0.3 is 4.74 Å². The first-order chi connectivity index (χ1) is 6.79. The van der Waals surface area contributed by atoms with Crippen LogP contribution in [0.5, 0.6) is 0 Å². The minimum atomic E-state index is -2.75. The highest BCUT2D eigenvalue weighted by atomic mass is 32.2. The number of rotatable bonds is 3. The normalized spacial score (nSPS) is 22.9. The highest BCUT2D eigenvalue weighted by Gasteiger charge is 2.24. The lowest BCUT2D eigenvalue weighted by molar-refractivity contribution is 0.0322. The summed E-state index contributed by atoms with van der Waals surface area (Å²) in [6, 6.07) is 0. The van der Waals surface area contributed by atoms with Crippen LogP contribution in [0.2, 0.25) is 0 Å². The molecule has 0 aromatic heterocycles. The van der Waals surface area contributed by atoms with Crippen LogP contribution in [0, 0.1) is 5.41 Å². The van der Waals surface area contributed by atoms with Crippen LogP contribution in [-0.2, 0) is 14.6 Å². The average Bonchev–Trinajstić information content (AvgIpc) is 2.06. The standard InChI is InChI=1S/C11H22O3S/c1-11(2,3)6-7-14-10-4-8-15(12,13)9-5-10/h10H,4-9H2,1-3H3. The number of ether oxygens (including phenoxy) is 1. The summed E-state index contributed by atoms with van der Waals surface area (Å²) < 4.78 is 28.0. The third-order valence-corrected chi connectivity index (χ3v) is 4.42. The maximum atomic E-state index is 11.2. The van der Waals surface area contributed by atoms with Crippen LogP contribution in [0.25, 0.3) is 0 Å². The molecule has 1 rings (SSSR count). The highest BCUT2D eigenvalue weighted by Crippen LogP contribution is 2.20. The molecule has 0 amide bonds. The molecule has 0 N–H and O–H groups in total. The Balaban J connectivity index is 2.20. The molecule has 15 heavy (non-hydrogen) atoms. The van der Waals surface area contributed by atoms with Crippen molar-refractivity contribution >= 4 is 9.84 Å². The summed E-state index contributed by atoms with van der Waals surface area (Å²) in [5, 5.41) is 0. The molecule has 1 saturated heterocycles. The van der Waals surface area contributed by atoms with Crippen molar-refractivity contribution in [2.45, 2.75) is 46.1 Å². The quantitative estimate of drug-likeness (QED) is 0.750. The van der Waals surface area contributed by atoms with Gasteiger partial charge in [-0.05, 0) is 24.7 Å². The summed E-state index contributed by atoms with van der Waals surface area (Å²) in [6.07, 6.45) is 2.53. The Kier molecular flexibility index (Phi) is 4.18.